The number of aliphatic hydroxyl groups excluding tert-OH is 1. The molecule has 30 heavy (non-hydrogen) atoms. The number of aliphatic hydroxyl groups is 1. The summed E-state index contributed by atoms with van der Waals surface area (Å²) in [4.78, 5) is 20.9. The highest BCUT2D eigenvalue weighted by atomic mass is 35.5. The third-order valence-corrected chi connectivity index (χ3v) is 5.35. The van der Waals surface area contributed by atoms with Crippen molar-refractivity contribution in [3.8, 4) is 0 Å². The first-order valence-electron chi connectivity index (χ1n) is 9.86. The number of hydrogen-bond acceptors (Lipinski definition) is 3. The Morgan fingerprint density at radius 1 is 1.13 bits per heavy atom. The van der Waals surface area contributed by atoms with Crippen molar-refractivity contribution in [1.29, 1.82) is 0 Å². The first-order valence-corrected chi connectivity index (χ1v) is 10.2. The standard InChI is InChI=1S/C22H26ClFN4O2/c1-25-22(26-14-17-5-6-20(24)18(11-17)15-29)28-9-7-27(8-10-28)21(30)13-16-3-2-4-19(23)12-16/h2-6,11-12,29H,7-10,13-15H2,1H3,(H,25,26). The molecule has 1 fully saturated rings. The van der Waals surface area contributed by atoms with Crippen LogP contribution in [0.5, 0.6) is 0 Å². The summed E-state index contributed by atoms with van der Waals surface area (Å²) in [6.07, 6.45) is 0.339. The van der Waals surface area contributed by atoms with Crippen molar-refractivity contribution < 1.29 is 14.3 Å². The average Bonchev–Trinajstić information content (AvgIpc) is 2.75. The van der Waals surface area contributed by atoms with Crippen LogP contribution in [0, 0.1) is 5.82 Å². The van der Waals surface area contributed by atoms with Crippen LogP contribution in [0.3, 0.4) is 0 Å². The number of hydrogen-bond donors (Lipinski definition) is 2. The Hall–Kier alpha value is -2.64. The quantitative estimate of drug-likeness (QED) is 0.562. The topological polar surface area (TPSA) is 68.2 Å². The number of guanidine groups is 1. The van der Waals surface area contributed by atoms with E-state index in [1.54, 1.807) is 25.2 Å². The third-order valence-electron chi connectivity index (χ3n) is 5.12. The lowest BCUT2D eigenvalue weighted by Gasteiger charge is -2.36. The van der Waals surface area contributed by atoms with Gasteiger partial charge in [0.1, 0.15) is 5.82 Å². The highest BCUT2D eigenvalue weighted by Crippen LogP contribution is 2.14. The summed E-state index contributed by atoms with van der Waals surface area (Å²) in [6.45, 7) is 2.71. The molecule has 0 aromatic heterocycles. The van der Waals surface area contributed by atoms with Gasteiger partial charge in [-0.2, -0.15) is 0 Å². The Morgan fingerprint density at radius 2 is 1.87 bits per heavy atom. The minimum Gasteiger partial charge on any atom is -0.392 e. The summed E-state index contributed by atoms with van der Waals surface area (Å²) >= 11 is 6.00. The molecule has 1 aliphatic rings. The van der Waals surface area contributed by atoms with Gasteiger partial charge in [-0.1, -0.05) is 29.8 Å². The summed E-state index contributed by atoms with van der Waals surface area (Å²) in [5.74, 6) is 0.402. The minimum absolute atomic E-state index is 0.0858. The summed E-state index contributed by atoms with van der Waals surface area (Å²) in [6, 6.07) is 12.0. The Kier molecular flexibility index (Phi) is 7.65. The van der Waals surface area contributed by atoms with Crippen LogP contribution in [-0.2, 0) is 24.4 Å². The van der Waals surface area contributed by atoms with Crippen molar-refractivity contribution >= 4 is 23.5 Å². The number of nitrogens with zero attached hydrogens (tertiary/aromatic N) is 3. The first-order chi connectivity index (χ1) is 14.5. The lowest BCUT2D eigenvalue weighted by molar-refractivity contribution is -0.131. The monoisotopic (exact) mass is 432 g/mol. The van der Waals surface area contributed by atoms with Gasteiger partial charge in [-0.05, 0) is 35.4 Å². The van der Waals surface area contributed by atoms with Gasteiger partial charge in [0.05, 0.1) is 13.0 Å². The fourth-order valence-corrected chi connectivity index (χ4v) is 3.69. The predicted octanol–water partition coefficient (Wildman–Crippen LogP) is 2.43. The van der Waals surface area contributed by atoms with E-state index in [0.717, 1.165) is 17.1 Å². The molecule has 1 heterocycles. The Labute approximate surface area is 181 Å². The summed E-state index contributed by atoms with van der Waals surface area (Å²) in [5, 5.41) is 13.1. The van der Waals surface area contributed by atoms with E-state index in [1.165, 1.54) is 6.07 Å². The van der Waals surface area contributed by atoms with Gasteiger partial charge >= 0.3 is 0 Å². The van der Waals surface area contributed by atoms with Crippen LogP contribution in [0.15, 0.2) is 47.5 Å². The van der Waals surface area contributed by atoms with Crippen molar-refractivity contribution in [2.75, 3.05) is 33.2 Å². The summed E-state index contributed by atoms with van der Waals surface area (Å²) in [7, 11) is 1.71. The fourth-order valence-electron chi connectivity index (χ4n) is 3.47. The van der Waals surface area contributed by atoms with Crippen LogP contribution in [0.2, 0.25) is 5.02 Å². The number of carbonyl (C=O) groups is 1. The highest BCUT2D eigenvalue weighted by molar-refractivity contribution is 6.30. The van der Waals surface area contributed by atoms with Crippen molar-refractivity contribution in [3.63, 3.8) is 0 Å². The van der Waals surface area contributed by atoms with Gasteiger partial charge in [-0.25, -0.2) is 4.39 Å². The third kappa shape index (κ3) is 5.70. The van der Waals surface area contributed by atoms with E-state index in [2.05, 4.69) is 15.2 Å². The molecular weight excluding hydrogens is 407 g/mol. The van der Waals surface area contributed by atoms with E-state index < -0.39 is 5.82 Å². The highest BCUT2D eigenvalue weighted by Gasteiger charge is 2.23. The van der Waals surface area contributed by atoms with Crippen molar-refractivity contribution in [1.82, 2.24) is 15.1 Å². The molecule has 0 spiro atoms. The molecule has 0 saturated carbocycles. The Bertz CT molecular complexity index is 914. The molecule has 6 nitrogen and oxygen atoms in total. The lowest BCUT2D eigenvalue weighted by atomic mass is 10.1. The van der Waals surface area contributed by atoms with Gasteiger partial charge in [-0.15, -0.1) is 0 Å². The number of piperazine rings is 1. The van der Waals surface area contributed by atoms with Crippen LogP contribution < -0.4 is 5.32 Å². The number of carbonyl (C=O) groups excluding carboxylic acids is 1. The van der Waals surface area contributed by atoms with Crippen LogP contribution in [0.1, 0.15) is 16.7 Å². The Morgan fingerprint density at radius 3 is 2.53 bits per heavy atom. The van der Waals surface area contributed by atoms with E-state index >= 15 is 0 Å². The van der Waals surface area contributed by atoms with Crippen LogP contribution in [0.4, 0.5) is 4.39 Å². The van der Waals surface area contributed by atoms with E-state index in [9.17, 15) is 14.3 Å². The van der Waals surface area contributed by atoms with Gasteiger partial charge in [0.2, 0.25) is 5.91 Å². The molecule has 0 bridgehead atoms. The van der Waals surface area contributed by atoms with Crippen LogP contribution in [0.25, 0.3) is 0 Å². The van der Waals surface area contributed by atoms with Crippen molar-refractivity contribution in [3.05, 3.63) is 70.0 Å². The first kappa shape index (κ1) is 22.1. The summed E-state index contributed by atoms with van der Waals surface area (Å²) in [5.41, 5.74) is 2.04. The van der Waals surface area contributed by atoms with Gasteiger partial charge in [0.25, 0.3) is 0 Å². The zero-order chi connectivity index (χ0) is 21.5. The van der Waals surface area contributed by atoms with E-state index in [-0.39, 0.29) is 18.1 Å². The fraction of sp³-hybridized carbons (Fsp3) is 0.364. The maximum atomic E-state index is 13.5. The minimum atomic E-state index is -0.413. The average molecular weight is 433 g/mol. The molecule has 1 aliphatic heterocycles. The molecule has 0 atom stereocenters. The molecule has 0 aliphatic carbocycles. The second-order valence-electron chi connectivity index (χ2n) is 7.16. The maximum Gasteiger partial charge on any atom is 0.227 e. The van der Waals surface area contributed by atoms with E-state index in [0.29, 0.717) is 44.2 Å². The van der Waals surface area contributed by atoms with Gasteiger partial charge in [0.15, 0.2) is 5.96 Å². The van der Waals surface area contributed by atoms with E-state index in [1.807, 2.05) is 23.1 Å². The van der Waals surface area contributed by atoms with E-state index in [4.69, 9.17) is 11.6 Å². The van der Waals surface area contributed by atoms with Gasteiger partial charge in [-0.3, -0.25) is 9.79 Å². The smallest absolute Gasteiger partial charge is 0.227 e. The molecular formula is C22H26ClFN4O2. The number of benzene rings is 2. The lowest BCUT2D eigenvalue weighted by Crippen LogP contribution is -2.53. The number of nitrogens with one attached hydrogen (secondary N) is 1. The molecule has 2 aromatic rings. The molecule has 1 saturated heterocycles. The van der Waals surface area contributed by atoms with Crippen LogP contribution >= 0.6 is 11.6 Å². The zero-order valence-electron chi connectivity index (χ0n) is 16.9. The SMILES string of the molecule is CN=C(NCc1ccc(F)c(CO)c1)N1CCN(C(=O)Cc2cccc(Cl)c2)CC1. The number of aliphatic imine (C=N–C) groups is 1. The molecule has 8 heteroatoms. The van der Waals surface area contributed by atoms with Crippen LogP contribution in [-0.4, -0.2) is 60.0 Å². The maximum absolute atomic E-state index is 13.5. The molecule has 1 amide bonds. The normalized spacial score (nSPS) is 14.7. The van der Waals surface area contributed by atoms with Crippen molar-refractivity contribution in [2.45, 2.75) is 19.6 Å². The van der Waals surface area contributed by atoms with Crippen molar-refractivity contribution in [2.24, 2.45) is 4.99 Å². The molecule has 0 unspecified atom stereocenters. The molecule has 160 valence electrons. The molecule has 3 rings (SSSR count). The predicted molar refractivity (Wildman–Crippen MR) is 116 cm³/mol. The summed E-state index contributed by atoms with van der Waals surface area (Å²) < 4.78 is 13.5. The Balaban J connectivity index is 1.51. The number of amides is 1. The molecule has 2 N–H and O–H groups in total. The largest absolute Gasteiger partial charge is 0.392 e. The molecule has 2 aromatic carbocycles. The number of halogens is 2. The second kappa shape index (κ2) is 10.4. The number of rotatable bonds is 5. The zero-order valence-corrected chi connectivity index (χ0v) is 17.7. The second-order valence-corrected chi connectivity index (χ2v) is 7.60. The van der Waals surface area contributed by atoms with Gasteiger partial charge < -0.3 is 20.2 Å². The molecule has 0 radical (unpaired) electrons. The van der Waals surface area contributed by atoms with Gasteiger partial charge in [0, 0.05) is 50.4 Å².